The molecule has 0 spiro atoms. The van der Waals surface area contributed by atoms with Crippen molar-refractivity contribution < 1.29 is 9.53 Å². The van der Waals surface area contributed by atoms with E-state index in [2.05, 4.69) is 19.1 Å². The molecule has 2 aromatic carbocycles. The van der Waals surface area contributed by atoms with Gasteiger partial charge in [-0.05, 0) is 50.1 Å². The Morgan fingerprint density at radius 2 is 1.89 bits per heavy atom. The highest BCUT2D eigenvalue weighted by molar-refractivity contribution is 5.94. The van der Waals surface area contributed by atoms with Gasteiger partial charge in [0.2, 0.25) is 0 Å². The lowest BCUT2D eigenvalue weighted by atomic mass is 10.1. The fourth-order valence-electron chi connectivity index (χ4n) is 1.99. The van der Waals surface area contributed by atoms with E-state index in [9.17, 15) is 4.79 Å². The van der Waals surface area contributed by atoms with Crippen molar-refractivity contribution in [3.05, 3.63) is 64.7 Å². The van der Waals surface area contributed by atoms with E-state index in [1.54, 1.807) is 13.0 Å². The first-order chi connectivity index (χ1) is 9.06. The topological polar surface area (TPSA) is 26.3 Å². The summed E-state index contributed by atoms with van der Waals surface area (Å²) in [7, 11) is 0. The van der Waals surface area contributed by atoms with Crippen LogP contribution in [-0.2, 0) is 6.61 Å². The third-order valence-corrected chi connectivity index (χ3v) is 3.06. The average Bonchev–Trinajstić information content (AvgIpc) is 2.37. The lowest BCUT2D eigenvalue weighted by molar-refractivity contribution is 0.101. The normalized spacial score (nSPS) is 10.3. The van der Waals surface area contributed by atoms with Gasteiger partial charge in [0.05, 0.1) is 0 Å². The second-order valence-electron chi connectivity index (χ2n) is 4.81. The third kappa shape index (κ3) is 3.44. The SMILES string of the molecule is CC(=O)c1ccc(OCc2cccc(C)c2)c(C)c1. The third-order valence-electron chi connectivity index (χ3n) is 3.06. The van der Waals surface area contributed by atoms with Crippen LogP contribution in [0.1, 0.15) is 34.0 Å². The Morgan fingerprint density at radius 3 is 2.53 bits per heavy atom. The van der Waals surface area contributed by atoms with Crippen LogP contribution in [0.5, 0.6) is 5.75 Å². The Kier molecular flexibility index (Phi) is 4.00. The summed E-state index contributed by atoms with van der Waals surface area (Å²) in [5, 5.41) is 0. The van der Waals surface area contributed by atoms with Gasteiger partial charge in [0.15, 0.2) is 5.78 Å². The zero-order valence-corrected chi connectivity index (χ0v) is 11.6. The Balaban J connectivity index is 2.10. The van der Waals surface area contributed by atoms with Gasteiger partial charge in [-0.3, -0.25) is 4.79 Å². The molecule has 0 bridgehead atoms. The first kappa shape index (κ1) is 13.3. The fourth-order valence-corrected chi connectivity index (χ4v) is 1.99. The van der Waals surface area contributed by atoms with Gasteiger partial charge >= 0.3 is 0 Å². The standard InChI is InChI=1S/C17H18O2/c1-12-5-4-6-15(9-12)11-19-17-8-7-16(14(3)18)10-13(17)2/h4-10H,11H2,1-3H3. The van der Waals surface area contributed by atoms with Crippen LogP contribution in [0.4, 0.5) is 0 Å². The predicted octanol–water partition coefficient (Wildman–Crippen LogP) is 4.09. The van der Waals surface area contributed by atoms with E-state index in [1.165, 1.54) is 5.56 Å². The number of ether oxygens (including phenoxy) is 1. The van der Waals surface area contributed by atoms with Gasteiger partial charge in [-0.2, -0.15) is 0 Å². The number of hydrogen-bond donors (Lipinski definition) is 0. The Bertz CT molecular complexity index is 600. The first-order valence-electron chi connectivity index (χ1n) is 6.36. The molecule has 0 aromatic heterocycles. The second-order valence-corrected chi connectivity index (χ2v) is 4.81. The van der Waals surface area contributed by atoms with Crippen molar-refractivity contribution >= 4 is 5.78 Å². The molecule has 0 N–H and O–H groups in total. The minimum Gasteiger partial charge on any atom is -0.489 e. The van der Waals surface area contributed by atoms with E-state index in [4.69, 9.17) is 4.74 Å². The predicted molar refractivity (Wildman–Crippen MR) is 76.7 cm³/mol. The van der Waals surface area contributed by atoms with E-state index in [1.807, 2.05) is 31.2 Å². The van der Waals surface area contributed by atoms with E-state index < -0.39 is 0 Å². The number of Topliss-reactive ketones (excluding diaryl/α,β-unsaturated/α-hetero) is 1. The maximum absolute atomic E-state index is 11.3. The zero-order chi connectivity index (χ0) is 13.8. The van der Waals surface area contributed by atoms with E-state index in [-0.39, 0.29) is 5.78 Å². The molecule has 0 saturated heterocycles. The van der Waals surface area contributed by atoms with Crippen molar-refractivity contribution in [1.82, 2.24) is 0 Å². The monoisotopic (exact) mass is 254 g/mol. The number of aryl methyl sites for hydroxylation is 2. The summed E-state index contributed by atoms with van der Waals surface area (Å²) < 4.78 is 5.80. The molecule has 0 aliphatic rings. The molecule has 2 heteroatoms. The van der Waals surface area contributed by atoms with Crippen molar-refractivity contribution in [3.8, 4) is 5.75 Å². The smallest absolute Gasteiger partial charge is 0.159 e. The molecule has 0 unspecified atom stereocenters. The van der Waals surface area contributed by atoms with Crippen LogP contribution in [-0.4, -0.2) is 5.78 Å². The van der Waals surface area contributed by atoms with E-state index >= 15 is 0 Å². The van der Waals surface area contributed by atoms with Crippen molar-refractivity contribution in [2.75, 3.05) is 0 Å². The van der Waals surface area contributed by atoms with E-state index in [0.29, 0.717) is 6.61 Å². The number of benzene rings is 2. The summed E-state index contributed by atoms with van der Waals surface area (Å²) in [4.78, 5) is 11.3. The number of carbonyl (C=O) groups excluding carboxylic acids is 1. The van der Waals surface area contributed by atoms with E-state index in [0.717, 1.165) is 22.4 Å². The number of carbonyl (C=O) groups is 1. The maximum atomic E-state index is 11.3. The maximum Gasteiger partial charge on any atom is 0.159 e. The van der Waals surface area contributed by atoms with Crippen LogP contribution in [0.3, 0.4) is 0 Å². The van der Waals surface area contributed by atoms with Gasteiger partial charge in [0.25, 0.3) is 0 Å². The Labute approximate surface area is 114 Å². The van der Waals surface area contributed by atoms with Gasteiger partial charge in [-0.15, -0.1) is 0 Å². The quantitative estimate of drug-likeness (QED) is 0.768. The van der Waals surface area contributed by atoms with Crippen molar-refractivity contribution in [1.29, 1.82) is 0 Å². The summed E-state index contributed by atoms with van der Waals surface area (Å²) in [5.74, 6) is 0.903. The van der Waals surface area contributed by atoms with Gasteiger partial charge in [0, 0.05) is 5.56 Å². The highest BCUT2D eigenvalue weighted by Crippen LogP contribution is 2.20. The lowest BCUT2D eigenvalue weighted by Crippen LogP contribution is -1.99. The summed E-state index contributed by atoms with van der Waals surface area (Å²) >= 11 is 0. The number of rotatable bonds is 4. The fraction of sp³-hybridized carbons (Fsp3) is 0.235. The molecule has 2 nitrogen and oxygen atoms in total. The van der Waals surface area contributed by atoms with Crippen LogP contribution < -0.4 is 4.74 Å². The molecule has 2 aromatic rings. The number of ketones is 1. The number of hydrogen-bond acceptors (Lipinski definition) is 2. The first-order valence-corrected chi connectivity index (χ1v) is 6.36. The Morgan fingerprint density at radius 1 is 1.11 bits per heavy atom. The van der Waals surface area contributed by atoms with Crippen molar-refractivity contribution in [2.24, 2.45) is 0 Å². The van der Waals surface area contributed by atoms with Crippen LogP contribution in [0.15, 0.2) is 42.5 Å². The van der Waals surface area contributed by atoms with Gasteiger partial charge in [-0.1, -0.05) is 29.8 Å². The molecule has 0 amide bonds. The summed E-state index contributed by atoms with van der Waals surface area (Å²) in [6.07, 6.45) is 0. The van der Waals surface area contributed by atoms with Crippen LogP contribution in [0.25, 0.3) is 0 Å². The van der Waals surface area contributed by atoms with Gasteiger partial charge in [-0.25, -0.2) is 0 Å². The van der Waals surface area contributed by atoms with Crippen LogP contribution >= 0.6 is 0 Å². The van der Waals surface area contributed by atoms with Gasteiger partial charge in [0.1, 0.15) is 12.4 Å². The highest BCUT2D eigenvalue weighted by Gasteiger charge is 2.04. The molecule has 98 valence electrons. The summed E-state index contributed by atoms with van der Waals surface area (Å²) in [6.45, 7) is 6.14. The molecule has 0 atom stereocenters. The largest absolute Gasteiger partial charge is 0.489 e. The molecule has 0 aliphatic heterocycles. The highest BCUT2D eigenvalue weighted by atomic mass is 16.5. The van der Waals surface area contributed by atoms with Crippen molar-refractivity contribution in [3.63, 3.8) is 0 Å². The molecule has 2 rings (SSSR count). The zero-order valence-electron chi connectivity index (χ0n) is 11.6. The molecular formula is C17H18O2. The lowest BCUT2D eigenvalue weighted by Gasteiger charge is -2.10. The minimum atomic E-state index is 0.0772. The van der Waals surface area contributed by atoms with Gasteiger partial charge < -0.3 is 4.74 Å². The summed E-state index contributed by atoms with van der Waals surface area (Å²) in [6, 6.07) is 13.8. The average molecular weight is 254 g/mol. The summed E-state index contributed by atoms with van der Waals surface area (Å²) in [5.41, 5.74) is 4.08. The van der Waals surface area contributed by atoms with Crippen molar-refractivity contribution in [2.45, 2.75) is 27.4 Å². The second kappa shape index (κ2) is 5.70. The molecule has 0 fully saturated rings. The van der Waals surface area contributed by atoms with Crippen LogP contribution in [0, 0.1) is 13.8 Å². The molecule has 19 heavy (non-hydrogen) atoms. The Hall–Kier alpha value is -2.09. The molecular weight excluding hydrogens is 236 g/mol. The molecule has 0 radical (unpaired) electrons. The molecule has 0 heterocycles. The van der Waals surface area contributed by atoms with Crippen LogP contribution in [0.2, 0.25) is 0 Å². The molecule has 0 saturated carbocycles. The molecule has 0 aliphatic carbocycles. The minimum absolute atomic E-state index is 0.0772.